The fourth-order valence-corrected chi connectivity index (χ4v) is 3.61. The van der Waals surface area contributed by atoms with Gasteiger partial charge in [0.25, 0.3) is 0 Å². The fraction of sp³-hybridized carbons (Fsp3) is 0.214. The topological polar surface area (TPSA) is 72.9 Å². The molecule has 6 nitrogen and oxygen atoms in total. The molecule has 0 radical (unpaired) electrons. The largest absolute Gasteiger partial charge is 0.497 e. The van der Waals surface area contributed by atoms with Crippen LogP contribution < -0.4 is 9.47 Å². The predicted octanol–water partition coefficient (Wildman–Crippen LogP) is 2.23. The van der Waals surface area contributed by atoms with E-state index in [1.807, 2.05) is 0 Å². The molecule has 0 saturated carbocycles. The molecule has 0 amide bonds. The second kappa shape index (κ2) is 6.47. The summed E-state index contributed by atoms with van der Waals surface area (Å²) >= 11 is 1.02. The van der Waals surface area contributed by atoms with E-state index in [1.54, 1.807) is 31.4 Å². The minimum absolute atomic E-state index is 0.0733. The first-order valence-electron chi connectivity index (χ1n) is 6.22. The molecular weight excluding hydrogens is 326 g/mol. The third kappa shape index (κ3) is 3.46. The Hall–Kier alpha value is -1.90. The van der Waals surface area contributed by atoms with Gasteiger partial charge in [-0.15, -0.1) is 11.3 Å². The van der Waals surface area contributed by atoms with E-state index >= 15 is 0 Å². The summed E-state index contributed by atoms with van der Waals surface area (Å²) in [6.07, 6.45) is 0. The number of rotatable bonds is 5. The summed E-state index contributed by atoms with van der Waals surface area (Å²) in [6.45, 7) is 0. The summed E-state index contributed by atoms with van der Waals surface area (Å²) in [7, 11) is 0.855. The Bertz CT molecular complexity index is 763. The number of carbonyl (C=O) groups excluding carboxylic acids is 1. The molecular formula is C14H15NO5S2. The van der Waals surface area contributed by atoms with E-state index in [1.165, 1.54) is 25.5 Å². The molecule has 0 spiro atoms. The first-order chi connectivity index (χ1) is 10.3. The maximum absolute atomic E-state index is 12.0. The molecule has 0 aliphatic rings. The van der Waals surface area contributed by atoms with Crippen molar-refractivity contribution in [2.75, 3.05) is 21.2 Å². The Balaban J connectivity index is 2.15. The predicted molar refractivity (Wildman–Crippen MR) is 83.1 cm³/mol. The van der Waals surface area contributed by atoms with E-state index in [-0.39, 0.29) is 9.77 Å². The van der Waals surface area contributed by atoms with Crippen LogP contribution in [0.2, 0.25) is 0 Å². The highest BCUT2D eigenvalue weighted by molar-refractivity contribution is 7.89. The average molecular weight is 341 g/mol. The highest BCUT2D eigenvalue weighted by Gasteiger charge is 2.21. The van der Waals surface area contributed by atoms with Crippen LogP contribution in [0, 0.1) is 0 Å². The van der Waals surface area contributed by atoms with Gasteiger partial charge >= 0.3 is 5.97 Å². The van der Waals surface area contributed by atoms with Gasteiger partial charge in [-0.2, -0.15) is 0 Å². The van der Waals surface area contributed by atoms with Crippen LogP contribution in [0.1, 0.15) is 9.67 Å². The Labute approximate surface area is 132 Å². The second-order valence-electron chi connectivity index (χ2n) is 4.50. The Morgan fingerprint density at radius 1 is 1.14 bits per heavy atom. The minimum atomic E-state index is -3.55. The van der Waals surface area contributed by atoms with Crippen molar-refractivity contribution in [2.24, 2.45) is 0 Å². The zero-order valence-corrected chi connectivity index (χ0v) is 13.9. The molecule has 0 aliphatic heterocycles. The van der Waals surface area contributed by atoms with E-state index in [9.17, 15) is 13.2 Å². The van der Waals surface area contributed by atoms with Crippen LogP contribution in [0.15, 0.2) is 40.6 Å². The lowest BCUT2D eigenvalue weighted by atomic mass is 10.3. The fourth-order valence-electron chi connectivity index (χ4n) is 1.57. The van der Waals surface area contributed by atoms with Gasteiger partial charge < -0.3 is 9.47 Å². The molecule has 0 aliphatic carbocycles. The second-order valence-corrected chi connectivity index (χ2v) is 7.56. The van der Waals surface area contributed by atoms with Crippen molar-refractivity contribution in [3.63, 3.8) is 0 Å². The molecule has 0 bridgehead atoms. The molecule has 0 N–H and O–H groups in total. The lowest BCUT2D eigenvalue weighted by Crippen LogP contribution is -2.21. The number of thiophene rings is 1. The van der Waals surface area contributed by atoms with Gasteiger partial charge in [-0.3, -0.25) is 0 Å². The monoisotopic (exact) mass is 341 g/mol. The molecule has 1 aromatic heterocycles. The molecule has 0 saturated heterocycles. The lowest BCUT2D eigenvalue weighted by molar-refractivity contribution is 0.0739. The number of methoxy groups -OCH3 is 1. The maximum Gasteiger partial charge on any atom is 0.353 e. The molecule has 1 aromatic carbocycles. The third-order valence-corrected chi connectivity index (χ3v) is 5.68. The van der Waals surface area contributed by atoms with Gasteiger partial charge in [0.05, 0.1) is 12.0 Å². The number of benzene rings is 1. The number of hydrogen-bond acceptors (Lipinski definition) is 6. The molecule has 0 fully saturated rings. The lowest BCUT2D eigenvalue weighted by Gasteiger charge is -2.08. The van der Waals surface area contributed by atoms with Gasteiger partial charge in [-0.05, 0) is 30.3 Å². The van der Waals surface area contributed by atoms with Gasteiger partial charge in [0.2, 0.25) is 10.0 Å². The highest BCUT2D eigenvalue weighted by atomic mass is 32.2. The molecule has 2 rings (SSSR count). The molecule has 0 atom stereocenters. The zero-order chi connectivity index (χ0) is 16.3. The maximum atomic E-state index is 12.0. The minimum Gasteiger partial charge on any atom is -0.497 e. The summed E-state index contributed by atoms with van der Waals surface area (Å²) in [5, 5.41) is 1.42. The van der Waals surface area contributed by atoms with Gasteiger partial charge in [-0.25, -0.2) is 17.5 Å². The average Bonchev–Trinajstić information content (AvgIpc) is 2.98. The summed E-state index contributed by atoms with van der Waals surface area (Å²) in [5.74, 6) is 0.405. The Kier molecular flexibility index (Phi) is 4.84. The van der Waals surface area contributed by atoms with Crippen LogP contribution in [0.5, 0.6) is 11.5 Å². The number of nitrogens with zero attached hydrogens (tertiary/aromatic N) is 1. The normalized spacial score (nSPS) is 11.5. The van der Waals surface area contributed by atoms with Crippen molar-refractivity contribution in [2.45, 2.75) is 4.90 Å². The smallest absolute Gasteiger partial charge is 0.353 e. The Morgan fingerprint density at radius 2 is 1.73 bits per heavy atom. The summed E-state index contributed by atoms with van der Waals surface area (Å²) in [6, 6.07) is 7.84. The first-order valence-corrected chi connectivity index (χ1v) is 8.54. The quantitative estimate of drug-likeness (QED) is 0.616. The van der Waals surface area contributed by atoms with E-state index in [0.29, 0.717) is 11.5 Å². The van der Waals surface area contributed by atoms with Crippen LogP contribution >= 0.6 is 11.3 Å². The molecule has 2 aromatic rings. The van der Waals surface area contributed by atoms with Crippen molar-refractivity contribution in [1.82, 2.24) is 4.31 Å². The van der Waals surface area contributed by atoms with E-state index in [2.05, 4.69) is 0 Å². The number of esters is 1. The van der Waals surface area contributed by atoms with Crippen molar-refractivity contribution >= 4 is 27.3 Å². The van der Waals surface area contributed by atoms with Crippen LogP contribution in [0.4, 0.5) is 0 Å². The molecule has 118 valence electrons. The zero-order valence-electron chi connectivity index (χ0n) is 12.3. The van der Waals surface area contributed by atoms with Crippen LogP contribution in [-0.4, -0.2) is 39.9 Å². The standard InChI is InChI=1S/C14H15NO5S2/c1-15(2)22(17,18)12-8-13(21-9-12)14(16)20-11-6-4-10(19-3)5-7-11/h4-9H,1-3H3. The van der Waals surface area contributed by atoms with E-state index < -0.39 is 16.0 Å². The van der Waals surface area contributed by atoms with Gasteiger partial charge in [0.15, 0.2) is 0 Å². The Morgan fingerprint density at radius 3 is 2.27 bits per heavy atom. The summed E-state index contributed by atoms with van der Waals surface area (Å²) in [4.78, 5) is 12.3. The summed E-state index contributed by atoms with van der Waals surface area (Å²) < 4.78 is 35.2. The summed E-state index contributed by atoms with van der Waals surface area (Å²) in [5.41, 5.74) is 0. The van der Waals surface area contributed by atoms with E-state index in [4.69, 9.17) is 9.47 Å². The van der Waals surface area contributed by atoms with Gasteiger partial charge in [0.1, 0.15) is 16.4 Å². The van der Waals surface area contributed by atoms with Crippen molar-refractivity contribution in [1.29, 1.82) is 0 Å². The number of sulfonamides is 1. The molecule has 8 heteroatoms. The molecule has 22 heavy (non-hydrogen) atoms. The SMILES string of the molecule is COc1ccc(OC(=O)c2cc(S(=O)(=O)N(C)C)cs2)cc1. The van der Waals surface area contributed by atoms with Crippen molar-refractivity contribution in [3.8, 4) is 11.5 Å². The van der Waals surface area contributed by atoms with Crippen LogP contribution in [-0.2, 0) is 10.0 Å². The number of carbonyl (C=O) groups is 1. The van der Waals surface area contributed by atoms with Crippen LogP contribution in [0.3, 0.4) is 0 Å². The van der Waals surface area contributed by atoms with Crippen LogP contribution in [0.25, 0.3) is 0 Å². The molecule has 1 heterocycles. The van der Waals surface area contributed by atoms with Crippen molar-refractivity contribution in [3.05, 3.63) is 40.6 Å². The van der Waals surface area contributed by atoms with Crippen molar-refractivity contribution < 1.29 is 22.7 Å². The van der Waals surface area contributed by atoms with E-state index in [0.717, 1.165) is 15.6 Å². The number of ether oxygens (including phenoxy) is 2. The van der Waals surface area contributed by atoms with Gasteiger partial charge in [-0.1, -0.05) is 0 Å². The highest BCUT2D eigenvalue weighted by Crippen LogP contribution is 2.24. The third-order valence-electron chi connectivity index (χ3n) is 2.83. The molecule has 0 unspecified atom stereocenters. The first kappa shape index (κ1) is 16.5. The van der Waals surface area contributed by atoms with Gasteiger partial charge in [0, 0.05) is 19.5 Å². The number of hydrogen-bond donors (Lipinski definition) is 0.